The monoisotopic (exact) mass is 343 g/mol. The number of carbonyl (C=O) groups excluding carboxylic acids is 1. The number of halogens is 3. The van der Waals surface area contributed by atoms with Crippen molar-refractivity contribution in [3.05, 3.63) is 77.4 Å². The fourth-order valence-corrected chi connectivity index (χ4v) is 3.13. The van der Waals surface area contributed by atoms with Gasteiger partial charge in [0, 0.05) is 5.56 Å². The van der Waals surface area contributed by atoms with E-state index in [1.54, 1.807) is 12.1 Å². The highest BCUT2D eigenvalue weighted by Gasteiger charge is 2.33. The zero-order valence-corrected chi connectivity index (χ0v) is 12.8. The minimum atomic E-state index is -4.45. The average molecular weight is 343 g/mol. The van der Waals surface area contributed by atoms with Gasteiger partial charge in [-0.3, -0.25) is 0 Å². The van der Waals surface area contributed by atoms with Gasteiger partial charge in [-0.05, 0) is 34.5 Å². The van der Waals surface area contributed by atoms with Crippen LogP contribution in [0.2, 0.25) is 0 Å². The van der Waals surface area contributed by atoms with Crippen molar-refractivity contribution in [2.24, 2.45) is 0 Å². The number of benzene rings is 3. The van der Waals surface area contributed by atoms with Crippen LogP contribution in [0.4, 0.5) is 18.0 Å². The van der Waals surface area contributed by atoms with Crippen LogP contribution in [0, 0.1) is 0 Å². The third kappa shape index (κ3) is 2.69. The van der Waals surface area contributed by atoms with Gasteiger partial charge in [0.2, 0.25) is 0 Å². The number of alkyl halides is 3. The van der Waals surface area contributed by atoms with Gasteiger partial charge in [-0.25, -0.2) is 4.79 Å². The van der Waals surface area contributed by atoms with Gasteiger partial charge in [-0.1, -0.05) is 42.5 Å². The molecule has 1 atom stereocenters. The molecule has 1 aliphatic rings. The van der Waals surface area contributed by atoms with Crippen molar-refractivity contribution in [1.82, 2.24) is 5.32 Å². The molecule has 0 radical (unpaired) electrons. The van der Waals surface area contributed by atoms with E-state index in [4.69, 9.17) is 4.74 Å². The molecule has 1 N–H and O–H groups in total. The van der Waals surface area contributed by atoms with Gasteiger partial charge in [-0.2, -0.15) is 13.2 Å². The molecule has 0 bridgehead atoms. The number of nitrogens with one attached hydrogen (secondary N) is 1. The average Bonchev–Trinajstić information content (AvgIpc) is 2.60. The highest BCUT2D eigenvalue weighted by molar-refractivity contribution is 5.91. The summed E-state index contributed by atoms with van der Waals surface area (Å²) in [5.74, 6) is 0.352. The topological polar surface area (TPSA) is 38.3 Å². The lowest BCUT2D eigenvalue weighted by Gasteiger charge is -2.28. The number of hydrogen-bond acceptors (Lipinski definition) is 2. The van der Waals surface area contributed by atoms with Crippen molar-refractivity contribution < 1.29 is 22.7 Å². The van der Waals surface area contributed by atoms with Crippen LogP contribution in [0.15, 0.2) is 60.7 Å². The van der Waals surface area contributed by atoms with E-state index in [1.807, 2.05) is 30.3 Å². The second kappa shape index (κ2) is 5.51. The Hall–Kier alpha value is -3.02. The first-order chi connectivity index (χ1) is 11.9. The maximum atomic E-state index is 13.0. The standard InChI is InChI=1S/C19H12F3NO2/c20-19(21,22)13-6-3-5-12(10-13)17-16-14-7-2-1-4-11(14)8-9-15(16)25-18(24)23-17/h1-10,17H,(H,23,24). The normalized spacial score (nSPS) is 16.9. The molecule has 3 aromatic carbocycles. The number of amides is 1. The molecule has 0 aliphatic carbocycles. The lowest BCUT2D eigenvalue weighted by Crippen LogP contribution is -2.36. The number of rotatable bonds is 1. The molecule has 0 saturated heterocycles. The van der Waals surface area contributed by atoms with Gasteiger partial charge in [0.15, 0.2) is 0 Å². The second-order valence-corrected chi connectivity index (χ2v) is 5.79. The smallest absolute Gasteiger partial charge is 0.410 e. The quantitative estimate of drug-likeness (QED) is 0.671. The van der Waals surface area contributed by atoms with E-state index >= 15 is 0 Å². The Kier molecular flexibility index (Phi) is 3.42. The first-order valence-electron chi connectivity index (χ1n) is 7.60. The molecule has 0 spiro atoms. The molecule has 25 heavy (non-hydrogen) atoms. The van der Waals surface area contributed by atoms with Gasteiger partial charge in [0.25, 0.3) is 0 Å². The van der Waals surface area contributed by atoms with Crippen molar-refractivity contribution in [3.8, 4) is 5.75 Å². The Morgan fingerprint density at radius 1 is 0.960 bits per heavy atom. The van der Waals surface area contributed by atoms with Crippen LogP contribution in [0.5, 0.6) is 5.75 Å². The summed E-state index contributed by atoms with van der Waals surface area (Å²) in [6.07, 6.45) is -5.14. The molecule has 0 aromatic heterocycles. The van der Waals surface area contributed by atoms with Crippen LogP contribution in [0.3, 0.4) is 0 Å². The summed E-state index contributed by atoms with van der Waals surface area (Å²) < 4.78 is 44.4. The molecule has 1 heterocycles. The Morgan fingerprint density at radius 2 is 1.76 bits per heavy atom. The van der Waals surface area contributed by atoms with E-state index in [2.05, 4.69) is 5.32 Å². The maximum absolute atomic E-state index is 13.0. The third-order valence-electron chi connectivity index (χ3n) is 4.23. The summed E-state index contributed by atoms with van der Waals surface area (Å²) in [7, 11) is 0. The predicted octanol–water partition coefficient (Wildman–Crippen LogP) is 5.05. The molecule has 3 nitrogen and oxygen atoms in total. The molecule has 1 aliphatic heterocycles. The van der Waals surface area contributed by atoms with Crippen molar-refractivity contribution >= 4 is 16.9 Å². The molecule has 1 unspecified atom stereocenters. The van der Waals surface area contributed by atoms with E-state index in [0.717, 1.165) is 22.9 Å². The summed E-state index contributed by atoms with van der Waals surface area (Å²) >= 11 is 0. The Labute approximate surface area is 141 Å². The first kappa shape index (κ1) is 15.5. The van der Waals surface area contributed by atoms with E-state index in [0.29, 0.717) is 16.9 Å². The van der Waals surface area contributed by atoms with E-state index in [-0.39, 0.29) is 0 Å². The van der Waals surface area contributed by atoms with Crippen LogP contribution in [-0.2, 0) is 6.18 Å². The van der Waals surface area contributed by atoms with Crippen LogP contribution in [-0.4, -0.2) is 6.09 Å². The summed E-state index contributed by atoms with van der Waals surface area (Å²) in [6.45, 7) is 0. The fourth-order valence-electron chi connectivity index (χ4n) is 3.13. The number of hydrogen-bond donors (Lipinski definition) is 1. The molecule has 126 valence electrons. The lowest BCUT2D eigenvalue weighted by molar-refractivity contribution is -0.137. The highest BCUT2D eigenvalue weighted by atomic mass is 19.4. The van der Waals surface area contributed by atoms with Crippen molar-refractivity contribution in [1.29, 1.82) is 0 Å². The second-order valence-electron chi connectivity index (χ2n) is 5.79. The number of fused-ring (bicyclic) bond motifs is 3. The van der Waals surface area contributed by atoms with E-state index < -0.39 is 23.9 Å². The van der Waals surface area contributed by atoms with Crippen LogP contribution in [0.1, 0.15) is 22.7 Å². The summed E-state index contributed by atoms with van der Waals surface area (Å²) in [4.78, 5) is 11.9. The molecular weight excluding hydrogens is 331 g/mol. The molecule has 0 saturated carbocycles. The zero-order valence-electron chi connectivity index (χ0n) is 12.8. The molecular formula is C19H12F3NO2. The first-order valence-corrected chi connectivity index (χ1v) is 7.60. The third-order valence-corrected chi connectivity index (χ3v) is 4.23. The maximum Gasteiger partial charge on any atom is 0.416 e. The minimum Gasteiger partial charge on any atom is -0.410 e. The Morgan fingerprint density at radius 3 is 2.56 bits per heavy atom. The highest BCUT2D eigenvalue weighted by Crippen LogP contribution is 2.40. The Bertz CT molecular complexity index is 982. The fraction of sp³-hybridized carbons (Fsp3) is 0.105. The van der Waals surface area contributed by atoms with Crippen LogP contribution >= 0.6 is 0 Å². The molecule has 4 rings (SSSR count). The lowest BCUT2D eigenvalue weighted by atomic mass is 9.91. The van der Waals surface area contributed by atoms with Crippen LogP contribution < -0.4 is 10.1 Å². The van der Waals surface area contributed by atoms with Crippen molar-refractivity contribution in [2.45, 2.75) is 12.2 Å². The SMILES string of the molecule is O=C1NC(c2cccc(C(F)(F)F)c2)c2c(ccc3ccccc23)O1. The van der Waals surface area contributed by atoms with Gasteiger partial charge in [-0.15, -0.1) is 0 Å². The van der Waals surface area contributed by atoms with Gasteiger partial charge in [0.05, 0.1) is 11.6 Å². The number of carbonyl (C=O) groups is 1. The van der Waals surface area contributed by atoms with Crippen molar-refractivity contribution in [3.63, 3.8) is 0 Å². The van der Waals surface area contributed by atoms with Gasteiger partial charge in [0.1, 0.15) is 5.75 Å². The predicted molar refractivity (Wildman–Crippen MR) is 86.4 cm³/mol. The largest absolute Gasteiger partial charge is 0.416 e. The molecule has 3 aromatic rings. The molecule has 1 amide bonds. The van der Waals surface area contributed by atoms with Crippen molar-refractivity contribution in [2.75, 3.05) is 0 Å². The Balaban J connectivity index is 1.93. The van der Waals surface area contributed by atoms with E-state index in [9.17, 15) is 18.0 Å². The van der Waals surface area contributed by atoms with Crippen LogP contribution in [0.25, 0.3) is 10.8 Å². The van der Waals surface area contributed by atoms with Gasteiger partial charge < -0.3 is 10.1 Å². The zero-order chi connectivity index (χ0) is 17.6. The summed E-state index contributed by atoms with van der Waals surface area (Å²) in [5.41, 5.74) is 0.244. The minimum absolute atomic E-state index is 0.351. The number of ether oxygens (including phenoxy) is 1. The van der Waals surface area contributed by atoms with Gasteiger partial charge >= 0.3 is 12.3 Å². The summed E-state index contributed by atoms with van der Waals surface area (Å²) in [5, 5.41) is 4.37. The van der Waals surface area contributed by atoms with E-state index in [1.165, 1.54) is 6.07 Å². The summed E-state index contributed by atoms with van der Waals surface area (Å²) in [6, 6.07) is 15.2. The molecule has 6 heteroatoms. The molecule has 0 fully saturated rings.